The zero-order valence-electron chi connectivity index (χ0n) is 11.3. The molecule has 0 saturated carbocycles. The van der Waals surface area contributed by atoms with Crippen molar-refractivity contribution < 1.29 is 13.6 Å². The largest absolute Gasteiger partial charge is 0.335 e. The Bertz CT molecular complexity index is 337. The van der Waals surface area contributed by atoms with Gasteiger partial charge in [-0.1, -0.05) is 32.8 Å². The molecular formula is C13H23O3PS. The molecule has 1 aromatic rings. The fourth-order valence-corrected chi connectivity index (χ4v) is 4.24. The monoisotopic (exact) mass is 290 g/mol. The van der Waals surface area contributed by atoms with E-state index in [4.69, 9.17) is 9.05 Å². The lowest BCUT2D eigenvalue weighted by molar-refractivity contribution is 0.199. The van der Waals surface area contributed by atoms with E-state index in [-0.39, 0.29) is 0 Å². The van der Waals surface area contributed by atoms with Crippen molar-refractivity contribution in [2.45, 2.75) is 45.7 Å². The second-order valence-electron chi connectivity index (χ2n) is 4.22. The summed E-state index contributed by atoms with van der Waals surface area (Å²) in [4.78, 5) is 1.06. The molecule has 104 valence electrons. The molecule has 0 saturated heterocycles. The molecule has 0 aliphatic carbocycles. The molecule has 0 bridgehead atoms. The third kappa shape index (κ3) is 6.14. The van der Waals surface area contributed by atoms with E-state index in [0.717, 1.165) is 30.6 Å². The standard InChI is InChI=1S/C13H23O3PS/c1-3-5-9-15-17(14,16-10-6-4-2)12-13-8-7-11-18-13/h7-8,11H,3-6,9-10,12H2,1-2H3. The van der Waals surface area contributed by atoms with Crippen molar-refractivity contribution in [1.82, 2.24) is 0 Å². The lowest BCUT2D eigenvalue weighted by atomic mass is 10.4. The SMILES string of the molecule is CCCCOP(=O)(Cc1cccs1)OCCCC. The Hall–Kier alpha value is -0.150. The van der Waals surface area contributed by atoms with Gasteiger partial charge in [-0.2, -0.15) is 0 Å². The van der Waals surface area contributed by atoms with Crippen LogP contribution in [0, 0.1) is 0 Å². The Balaban J connectivity index is 2.52. The third-order valence-corrected chi connectivity index (χ3v) is 5.47. The molecule has 0 N–H and O–H groups in total. The van der Waals surface area contributed by atoms with Gasteiger partial charge < -0.3 is 9.05 Å². The minimum Gasteiger partial charge on any atom is -0.308 e. The van der Waals surface area contributed by atoms with E-state index in [2.05, 4.69) is 13.8 Å². The molecule has 0 unspecified atom stereocenters. The van der Waals surface area contributed by atoms with Crippen LogP contribution in [0.4, 0.5) is 0 Å². The molecule has 3 nitrogen and oxygen atoms in total. The lowest BCUT2D eigenvalue weighted by Crippen LogP contribution is -2.01. The van der Waals surface area contributed by atoms with Crippen molar-refractivity contribution in [1.29, 1.82) is 0 Å². The summed E-state index contributed by atoms with van der Waals surface area (Å²) in [6.07, 6.45) is 4.32. The highest BCUT2D eigenvalue weighted by Gasteiger charge is 2.25. The van der Waals surface area contributed by atoms with E-state index in [1.54, 1.807) is 11.3 Å². The summed E-state index contributed by atoms with van der Waals surface area (Å²) >= 11 is 1.60. The van der Waals surface area contributed by atoms with E-state index >= 15 is 0 Å². The lowest BCUT2D eigenvalue weighted by Gasteiger charge is -2.17. The molecule has 0 aliphatic rings. The predicted molar refractivity (Wildman–Crippen MR) is 77.3 cm³/mol. The fraction of sp³-hybridized carbons (Fsp3) is 0.692. The zero-order chi connectivity index (χ0) is 13.3. The first-order valence-corrected chi connectivity index (χ1v) is 9.21. The molecule has 1 heterocycles. The normalized spacial score (nSPS) is 11.9. The van der Waals surface area contributed by atoms with Gasteiger partial charge in [-0.25, -0.2) is 0 Å². The van der Waals surface area contributed by atoms with Crippen molar-refractivity contribution in [3.8, 4) is 0 Å². The Kier molecular flexibility index (Phi) is 7.84. The summed E-state index contributed by atoms with van der Waals surface area (Å²) in [6, 6.07) is 3.94. The highest BCUT2D eigenvalue weighted by molar-refractivity contribution is 7.53. The topological polar surface area (TPSA) is 35.5 Å². The van der Waals surface area contributed by atoms with Gasteiger partial charge in [-0.15, -0.1) is 11.3 Å². The van der Waals surface area contributed by atoms with Gasteiger partial charge in [0.15, 0.2) is 0 Å². The average Bonchev–Trinajstić information content (AvgIpc) is 2.82. The minimum atomic E-state index is -2.96. The number of rotatable bonds is 10. The van der Waals surface area contributed by atoms with E-state index < -0.39 is 7.60 Å². The van der Waals surface area contributed by atoms with Crippen LogP contribution in [-0.4, -0.2) is 13.2 Å². The van der Waals surface area contributed by atoms with E-state index in [1.807, 2.05) is 17.5 Å². The number of unbranched alkanes of at least 4 members (excludes halogenated alkanes) is 2. The van der Waals surface area contributed by atoms with E-state index in [0.29, 0.717) is 19.4 Å². The Morgan fingerprint density at radius 2 is 1.78 bits per heavy atom. The van der Waals surface area contributed by atoms with Gasteiger partial charge in [-0.05, 0) is 24.3 Å². The maximum absolute atomic E-state index is 12.6. The molecule has 0 radical (unpaired) electrons. The second kappa shape index (κ2) is 8.87. The first-order chi connectivity index (χ1) is 8.70. The minimum absolute atomic E-state index is 0.401. The summed E-state index contributed by atoms with van der Waals surface area (Å²) in [7, 11) is -2.96. The molecule has 0 atom stereocenters. The molecular weight excluding hydrogens is 267 g/mol. The molecule has 0 spiro atoms. The van der Waals surface area contributed by atoms with Crippen molar-refractivity contribution in [2.75, 3.05) is 13.2 Å². The first kappa shape index (κ1) is 15.9. The van der Waals surface area contributed by atoms with E-state index in [1.165, 1.54) is 0 Å². The quantitative estimate of drug-likeness (QED) is 0.445. The Morgan fingerprint density at radius 1 is 1.17 bits per heavy atom. The smallest absolute Gasteiger partial charge is 0.308 e. The van der Waals surface area contributed by atoms with Gasteiger partial charge in [0.1, 0.15) is 0 Å². The van der Waals surface area contributed by atoms with Crippen LogP contribution in [0.25, 0.3) is 0 Å². The van der Waals surface area contributed by atoms with Crippen LogP contribution >= 0.6 is 18.9 Å². The number of hydrogen-bond donors (Lipinski definition) is 0. The summed E-state index contributed by atoms with van der Waals surface area (Å²) < 4.78 is 23.7. The van der Waals surface area contributed by atoms with Gasteiger partial charge in [0.2, 0.25) is 0 Å². The average molecular weight is 290 g/mol. The van der Waals surface area contributed by atoms with Crippen LogP contribution in [0.15, 0.2) is 17.5 Å². The van der Waals surface area contributed by atoms with Crippen molar-refractivity contribution in [3.05, 3.63) is 22.4 Å². The van der Waals surface area contributed by atoms with Crippen LogP contribution in [0.2, 0.25) is 0 Å². The molecule has 1 aromatic heterocycles. The van der Waals surface area contributed by atoms with Crippen molar-refractivity contribution in [3.63, 3.8) is 0 Å². The summed E-state index contributed by atoms with van der Waals surface area (Å²) in [5, 5.41) is 1.98. The number of hydrogen-bond acceptors (Lipinski definition) is 4. The Labute approximate surface area is 114 Å². The number of thiophene rings is 1. The zero-order valence-corrected chi connectivity index (χ0v) is 13.0. The van der Waals surface area contributed by atoms with Crippen molar-refractivity contribution in [2.24, 2.45) is 0 Å². The van der Waals surface area contributed by atoms with Crippen LogP contribution in [0.5, 0.6) is 0 Å². The summed E-state index contributed by atoms with van der Waals surface area (Å²) in [6.45, 7) is 5.22. The fourth-order valence-electron chi connectivity index (χ4n) is 1.42. The highest BCUT2D eigenvalue weighted by atomic mass is 32.1. The molecule has 1 rings (SSSR count). The van der Waals surface area contributed by atoms with Gasteiger partial charge >= 0.3 is 7.60 Å². The van der Waals surface area contributed by atoms with Gasteiger partial charge in [0.05, 0.1) is 19.4 Å². The highest BCUT2D eigenvalue weighted by Crippen LogP contribution is 2.52. The molecule has 0 aromatic carbocycles. The summed E-state index contributed by atoms with van der Waals surface area (Å²) in [5.41, 5.74) is 0. The summed E-state index contributed by atoms with van der Waals surface area (Å²) in [5.74, 6) is 0. The maximum atomic E-state index is 12.6. The molecule has 0 amide bonds. The van der Waals surface area contributed by atoms with Crippen LogP contribution in [0.3, 0.4) is 0 Å². The molecule has 0 aliphatic heterocycles. The maximum Gasteiger partial charge on any atom is 0.335 e. The van der Waals surface area contributed by atoms with Crippen LogP contribution < -0.4 is 0 Å². The van der Waals surface area contributed by atoms with Crippen molar-refractivity contribution >= 4 is 18.9 Å². The second-order valence-corrected chi connectivity index (χ2v) is 7.31. The molecule has 0 fully saturated rings. The Morgan fingerprint density at radius 3 is 2.22 bits per heavy atom. The predicted octanol–water partition coefficient (Wildman–Crippen LogP) is 5.07. The third-order valence-electron chi connectivity index (χ3n) is 2.50. The van der Waals surface area contributed by atoms with E-state index in [9.17, 15) is 4.57 Å². The molecule has 18 heavy (non-hydrogen) atoms. The van der Waals surface area contributed by atoms with Gasteiger partial charge in [0.25, 0.3) is 0 Å². The van der Waals surface area contributed by atoms with Gasteiger partial charge in [-0.3, -0.25) is 4.57 Å². The van der Waals surface area contributed by atoms with Crippen LogP contribution in [0.1, 0.15) is 44.4 Å². The molecule has 5 heteroatoms. The van der Waals surface area contributed by atoms with Gasteiger partial charge in [0, 0.05) is 4.88 Å². The first-order valence-electron chi connectivity index (χ1n) is 6.60. The van der Waals surface area contributed by atoms with Crippen LogP contribution in [-0.2, 0) is 19.8 Å².